The van der Waals surface area contributed by atoms with Crippen molar-refractivity contribution in [3.63, 3.8) is 0 Å². The number of hydrogen-bond acceptors (Lipinski definition) is 4. The van der Waals surface area contributed by atoms with Crippen molar-refractivity contribution in [2.45, 2.75) is 0 Å². The molecule has 1 aliphatic heterocycles. The van der Waals surface area contributed by atoms with E-state index in [1.165, 1.54) is 21.6 Å². The van der Waals surface area contributed by atoms with Gasteiger partial charge < -0.3 is 22.1 Å². The Hall–Kier alpha value is -1.24. The molecule has 0 unspecified atom stereocenters. The molecule has 0 spiro atoms. The first kappa shape index (κ1) is 15.2. The van der Waals surface area contributed by atoms with Crippen molar-refractivity contribution in [2.24, 2.45) is 0 Å². The van der Waals surface area contributed by atoms with Gasteiger partial charge >= 0.3 is 0 Å². The van der Waals surface area contributed by atoms with Crippen LogP contribution < -0.4 is 22.0 Å². The first-order valence-electron chi connectivity index (χ1n) is 5.66. The van der Waals surface area contributed by atoms with Crippen LogP contribution in [0.2, 0.25) is 0 Å². The van der Waals surface area contributed by atoms with E-state index in [9.17, 15) is 9.90 Å². The molecule has 2 aliphatic rings. The number of benzene rings is 1. The lowest BCUT2D eigenvalue weighted by Crippen LogP contribution is -3.00. The van der Waals surface area contributed by atoms with E-state index in [0.29, 0.717) is 5.57 Å². The number of para-hydroxylation sites is 1. The molecule has 0 radical (unpaired) electrons. The summed E-state index contributed by atoms with van der Waals surface area (Å²) in [6.07, 6.45) is 6.92. The maximum absolute atomic E-state index is 11.8. The van der Waals surface area contributed by atoms with Crippen LogP contribution in [0.5, 0.6) is 5.75 Å². The van der Waals surface area contributed by atoms with Crippen molar-refractivity contribution in [3.05, 3.63) is 64.7 Å². The third-order valence-electron chi connectivity index (χ3n) is 2.72. The third-order valence-corrected chi connectivity index (χ3v) is 5.03. The van der Waals surface area contributed by atoms with E-state index in [1.807, 2.05) is 18.2 Å². The number of phenolic OH excluding ortho intramolecular Hbond substituents is 1. The molecule has 2 N–H and O–H groups in total. The number of nitrogens with one attached hydrogen (secondary N) is 1. The summed E-state index contributed by atoms with van der Waals surface area (Å²) in [7, 11) is 3.00. The lowest BCUT2D eigenvalue weighted by atomic mass is 10.1. The van der Waals surface area contributed by atoms with Crippen molar-refractivity contribution >= 4 is 32.4 Å². The second-order valence-electron chi connectivity index (χ2n) is 3.96. The van der Waals surface area contributed by atoms with E-state index in [1.54, 1.807) is 30.4 Å². The molecule has 6 heteroatoms. The molecular weight excluding hydrogens is 358 g/mol. The second-order valence-corrected chi connectivity index (χ2v) is 6.11. The number of carbonyl (C=O) groups is 1. The number of rotatable bonds is 1. The fourth-order valence-corrected chi connectivity index (χ4v) is 4.10. The molecule has 0 saturated heterocycles. The number of halogens is 1. The SMILES string of the molecule is O=C1C=CC=CC1=C1[NH+]=C(c2ccccc2O)SS1.[Br-]. The zero-order chi connectivity index (χ0) is 13.2. The van der Waals surface area contributed by atoms with Gasteiger partial charge in [0.25, 0.3) is 10.1 Å². The highest BCUT2D eigenvalue weighted by Crippen LogP contribution is 2.36. The summed E-state index contributed by atoms with van der Waals surface area (Å²) in [5.41, 5.74) is 1.41. The molecule has 102 valence electrons. The maximum Gasteiger partial charge on any atom is 0.261 e. The highest BCUT2D eigenvalue weighted by atomic mass is 79.9. The topological polar surface area (TPSA) is 51.3 Å². The molecular formula is C14H10BrNO2S2. The summed E-state index contributed by atoms with van der Waals surface area (Å²) in [5.74, 6) is 0.228. The summed E-state index contributed by atoms with van der Waals surface area (Å²) >= 11 is 0. The Morgan fingerprint density at radius 2 is 1.80 bits per heavy atom. The Morgan fingerprint density at radius 3 is 2.55 bits per heavy atom. The monoisotopic (exact) mass is 367 g/mol. The largest absolute Gasteiger partial charge is 1.00 e. The molecule has 0 atom stereocenters. The van der Waals surface area contributed by atoms with E-state index in [4.69, 9.17) is 0 Å². The fourth-order valence-electron chi connectivity index (χ4n) is 1.77. The Labute approximate surface area is 134 Å². The molecule has 0 fully saturated rings. The molecule has 1 aromatic carbocycles. The van der Waals surface area contributed by atoms with E-state index in [0.717, 1.165) is 15.6 Å². The van der Waals surface area contributed by atoms with Gasteiger partial charge in [0.1, 0.15) is 11.3 Å². The first-order chi connectivity index (χ1) is 9.25. The van der Waals surface area contributed by atoms with Gasteiger partial charge in [0.15, 0.2) is 5.78 Å². The van der Waals surface area contributed by atoms with E-state index in [2.05, 4.69) is 4.99 Å². The van der Waals surface area contributed by atoms with Gasteiger partial charge in [0.05, 0.1) is 5.56 Å². The molecule has 0 saturated carbocycles. The van der Waals surface area contributed by atoms with Crippen LogP contribution in [0.3, 0.4) is 0 Å². The number of allylic oxidation sites excluding steroid dienone is 5. The van der Waals surface area contributed by atoms with Gasteiger partial charge in [-0.2, -0.15) is 4.99 Å². The molecule has 3 nitrogen and oxygen atoms in total. The summed E-state index contributed by atoms with van der Waals surface area (Å²) in [5, 5.41) is 11.5. The van der Waals surface area contributed by atoms with Crippen molar-refractivity contribution in [3.8, 4) is 5.75 Å². The van der Waals surface area contributed by atoms with Gasteiger partial charge in [0, 0.05) is 21.6 Å². The molecule has 1 aromatic rings. The molecule has 0 aromatic heterocycles. The summed E-state index contributed by atoms with van der Waals surface area (Å²) in [6, 6.07) is 7.14. The normalized spacial score (nSPS) is 20.8. The lowest BCUT2D eigenvalue weighted by Gasteiger charge is -1.98. The van der Waals surface area contributed by atoms with Crippen LogP contribution in [0.1, 0.15) is 5.56 Å². The zero-order valence-corrected chi connectivity index (χ0v) is 13.4. The van der Waals surface area contributed by atoms with E-state index >= 15 is 0 Å². The van der Waals surface area contributed by atoms with Crippen molar-refractivity contribution in [1.29, 1.82) is 0 Å². The summed E-state index contributed by atoms with van der Waals surface area (Å²) in [6.45, 7) is 0. The molecule has 0 bridgehead atoms. The van der Waals surface area contributed by atoms with Gasteiger partial charge in [0.2, 0.25) is 0 Å². The maximum atomic E-state index is 11.8. The van der Waals surface area contributed by atoms with Gasteiger partial charge in [-0.05, 0) is 24.3 Å². The minimum atomic E-state index is -0.00312. The lowest BCUT2D eigenvalue weighted by molar-refractivity contribution is -0.376. The van der Waals surface area contributed by atoms with Crippen LogP contribution in [0.15, 0.2) is 59.2 Å². The van der Waals surface area contributed by atoms with Gasteiger partial charge in [-0.15, -0.1) is 0 Å². The molecule has 1 aliphatic carbocycles. The van der Waals surface area contributed by atoms with Gasteiger partial charge in [-0.1, -0.05) is 24.3 Å². The van der Waals surface area contributed by atoms with Crippen LogP contribution >= 0.6 is 21.6 Å². The second kappa shape index (κ2) is 6.47. The van der Waals surface area contributed by atoms with Crippen LogP contribution in [0.4, 0.5) is 0 Å². The number of hydrogen-bond donors (Lipinski definition) is 2. The Bertz CT molecular complexity index is 678. The molecule has 0 amide bonds. The van der Waals surface area contributed by atoms with Crippen molar-refractivity contribution < 1.29 is 31.9 Å². The summed E-state index contributed by atoms with van der Waals surface area (Å²) < 4.78 is 0. The Kier molecular flexibility index (Phi) is 4.91. The van der Waals surface area contributed by atoms with Crippen LogP contribution in [0, 0.1) is 0 Å². The van der Waals surface area contributed by atoms with E-state index < -0.39 is 0 Å². The quantitative estimate of drug-likeness (QED) is 0.469. The van der Waals surface area contributed by atoms with Crippen molar-refractivity contribution in [2.75, 3.05) is 0 Å². The number of ketones is 1. The van der Waals surface area contributed by atoms with Gasteiger partial charge in [-0.25, -0.2) is 0 Å². The number of carbonyl (C=O) groups excluding carboxylic acids is 1. The smallest absolute Gasteiger partial charge is 0.261 e. The average molecular weight is 368 g/mol. The predicted octanol–water partition coefficient (Wildman–Crippen LogP) is -1.47. The zero-order valence-electron chi connectivity index (χ0n) is 10.2. The highest BCUT2D eigenvalue weighted by Gasteiger charge is 2.29. The third kappa shape index (κ3) is 2.92. The summed E-state index contributed by atoms with van der Waals surface area (Å²) in [4.78, 5) is 15.0. The minimum Gasteiger partial charge on any atom is -1.00 e. The van der Waals surface area contributed by atoms with Gasteiger partial charge in [-0.3, -0.25) is 4.79 Å². The molecule has 20 heavy (non-hydrogen) atoms. The highest BCUT2D eigenvalue weighted by molar-refractivity contribution is 8.84. The van der Waals surface area contributed by atoms with Crippen LogP contribution in [-0.2, 0) is 4.79 Å². The van der Waals surface area contributed by atoms with Crippen LogP contribution in [0.25, 0.3) is 0 Å². The number of aromatic hydroxyl groups is 1. The minimum absolute atomic E-state index is 0. The molecule has 3 rings (SSSR count). The number of phenols is 1. The average Bonchev–Trinajstić information content (AvgIpc) is 2.89. The van der Waals surface area contributed by atoms with Crippen LogP contribution in [-0.4, -0.2) is 15.9 Å². The standard InChI is InChI=1S/C14H9NO2S2.BrH/c16-11-7-3-1-5-9(11)13-15-14(19-18-13)10-6-2-4-8-12(10)17;/h1-8,16H;1H. The Morgan fingerprint density at radius 1 is 1.05 bits per heavy atom. The van der Waals surface area contributed by atoms with Crippen molar-refractivity contribution in [1.82, 2.24) is 0 Å². The molecule has 1 heterocycles. The first-order valence-corrected chi connectivity index (χ1v) is 7.81. The predicted molar refractivity (Wildman–Crippen MR) is 78.7 cm³/mol. The fraction of sp³-hybridized carbons (Fsp3) is 0. The Balaban J connectivity index is 0.00000147. The van der Waals surface area contributed by atoms with E-state index in [-0.39, 0.29) is 28.5 Å².